The third-order valence-corrected chi connectivity index (χ3v) is 5.26. The molecule has 2 rings (SSSR count). The Labute approximate surface area is 137 Å². The first-order valence-corrected chi connectivity index (χ1v) is 8.77. The van der Waals surface area contributed by atoms with Crippen LogP contribution < -0.4 is 0 Å². The molecular formula is C17H35N5. The quantitative estimate of drug-likeness (QED) is 0.581. The lowest BCUT2D eigenvalue weighted by Gasteiger charge is -2.49. The zero-order valence-electron chi connectivity index (χ0n) is 15.3. The smallest absolute Gasteiger partial charge is 0.195 e. The first kappa shape index (κ1) is 17.5. The van der Waals surface area contributed by atoms with Gasteiger partial charge in [0.2, 0.25) is 0 Å². The predicted octanol–water partition coefficient (Wildman–Crippen LogP) is 1.42. The van der Waals surface area contributed by atoms with Crippen LogP contribution >= 0.6 is 0 Å². The van der Waals surface area contributed by atoms with E-state index in [0.29, 0.717) is 0 Å². The summed E-state index contributed by atoms with van der Waals surface area (Å²) in [6, 6.07) is 0. The number of hydrogen-bond acceptors (Lipinski definition) is 3. The summed E-state index contributed by atoms with van der Waals surface area (Å²) in [5, 5.41) is 0. The maximum atomic E-state index is 5.03. The topological polar surface area (TPSA) is 25.3 Å². The van der Waals surface area contributed by atoms with Crippen molar-refractivity contribution in [2.45, 2.75) is 37.6 Å². The van der Waals surface area contributed by atoms with Gasteiger partial charge in [-0.05, 0) is 58.9 Å². The van der Waals surface area contributed by atoms with Crippen molar-refractivity contribution in [3.8, 4) is 0 Å². The van der Waals surface area contributed by atoms with Crippen LogP contribution in [0.5, 0.6) is 0 Å². The highest BCUT2D eigenvalue weighted by Gasteiger charge is 2.39. The number of aliphatic imine (C=N–C) groups is 1. The molecular weight excluding hydrogens is 274 g/mol. The summed E-state index contributed by atoms with van der Waals surface area (Å²) in [6.45, 7) is 5.86. The molecule has 0 saturated carbocycles. The average Bonchev–Trinajstić information content (AvgIpc) is 2.50. The van der Waals surface area contributed by atoms with E-state index in [2.05, 4.69) is 54.8 Å². The van der Waals surface area contributed by atoms with Gasteiger partial charge in [-0.3, -0.25) is 9.89 Å². The van der Waals surface area contributed by atoms with E-state index in [-0.39, 0.29) is 5.54 Å². The summed E-state index contributed by atoms with van der Waals surface area (Å²) < 4.78 is 0. The number of nitrogens with zero attached hydrogens (tertiary/aromatic N) is 5. The molecule has 0 amide bonds. The molecule has 128 valence electrons. The van der Waals surface area contributed by atoms with Crippen LogP contribution in [0.15, 0.2) is 4.99 Å². The molecule has 0 aromatic heterocycles. The maximum absolute atomic E-state index is 5.03. The number of guanidine groups is 1. The zero-order valence-corrected chi connectivity index (χ0v) is 15.3. The molecule has 2 aliphatic heterocycles. The third-order valence-electron chi connectivity index (χ3n) is 5.26. The van der Waals surface area contributed by atoms with Gasteiger partial charge in [-0.15, -0.1) is 0 Å². The van der Waals surface area contributed by atoms with Crippen molar-refractivity contribution < 1.29 is 0 Å². The van der Waals surface area contributed by atoms with Crippen molar-refractivity contribution in [2.24, 2.45) is 4.99 Å². The van der Waals surface area contributed by atoms with Crippen LogP contribution in [0.4, 0.5) is 0 Å². The number of rotatable bonds is 3. The molecule has 0 aromatic rings. The monoisotopic (exact) mass is 309 g/mol. The van der Waals surface area contributed by atoms with Crippen LogP contribution in [0.3, 0.4) is 0 Å². The molecule has 0 aromatic carbocycles. The van der Waals surface area contributed by atoms with Gasteiger partial charge in [-0.25, -0.2) is 0 Å². The molecule has 2 saturated heterocycles. The lowest BCUT2D eigenvalue weighted by Crippen LogP contribution is -2.58. The van der Waals surface area contributed by atoms with Gasteiger partial charge in [-0.1, -0.05) is 6.42 Å². The molecule has 0 bridgehead atoms. The van der Waals surface area contributed by atoms with Gasteiger partial charge < -0.3 is 14.7 Å². The van der Waals surface area contributed by atoms with E-state index in [1.165, 1.54) is 58.3 Å². The van der Waals surface area contributed by atoms with Crippen LogP contribution in [0, 0.1) is 0 Å². The van der Waals surface area contributed by atoms with Gasteiger partial charge in [0.15, 0.2) is 5.96 Å². The number of piperidine rings is 2. The highest BCUT2D eigenvalue weighted by molar-refractivity contribution is 5.79. The molecule has 2 fully saturated rings. The largest absolute Gasteiger partial charge is 0.349 e. The van der Waals surface area contributed by atoms with E-state index in [1.54, 1.807) is 0 Å². The van der Waals surface area contributed by atoms with Gasteiger partial charge in [0, 0.05) is 33.7 Å². The highest BCUT2D eigenvalue weighted by Crippen LogP contribution is 2.31. The van der Waals surface area contributed by atoms with Crippen LogP contribution in [-0.4, -0.2) is 99.1 Å². The fraction of sp³-hybridized carbons (Fsp3) is 0.941. The Morgan fingerprint density at radius 3 is 1.95 bits per heavy atom. The second-order valence-electron chi connectivity index (χ2n) is 7.48. The van der Waals surface area contributed by atoms with E-state index < -0.39 is 0 Å². The minimum Gasteiger partial charge on any atom is -0.349 e. The Bertz CT molecular complexity index is 353. The number of hydrogen-bond donors (Lipinski definition) is 0. The SMILES string of the molecule is CN1CCC(CN=C(N(C)C)N(C)C)(N2CCCCC2)CC1. The van der Waals surface area contributed by atoms with Crippen molar-refractivity contribution in [1.82, 2.24) is 19.6 Å². The van der Waals surface area contributed by atoms with E-state index in [1.807, 2.05) is 0 Å². The summed E-state index contributed by atoms with van der Waals surface area (Å²) in [4.78, 5) is 14.5. The molecule has 0 spiro atoms. The summed E-state index contributed by atoms with van der Waals surface area (Å²) >= 11 is 0. The van der Waals surface area contributed by atoms with Gasteiger partial charge in [0.1, 0.15) is 0 Å². The van der Waals surface area contributed by atoms with Crippen LogP contribution in [0.25, 0.3) is 0 Å². The standard InChI is InChI=1S/C17H35N5/c1-19(2)16(20(3)4)18-15-17(9-13-21(5)14-10-17)22-11-7-6-8-12-22/h6-15H2,1-5H3. The highest BCUT2D eigenvalue weighted by atomic mass is 15.3. The average molecular weight is 310 g/mol. The van der Waals surface area contributed by atoms with Gasteiger partial charge in [-0.2, -0.15) is 0 Å². The first-order valence-electron chi connectivity index (χ1n) is 8.77. The fourth-order valence-corrected chi connectivity index (χ4v) is 3.88. The summed E-state index contributed by atoms with van der Waals surface area (Å²) in [5.74, 6) is 1.08. The van der Waals surface area contributed by atoms with Crippen molar-refractivity contribution in [3.05, 3.63) is 0 Å². The van der Waals surface area contributed by atoms with Crippen LogP contribution in [0.1, 0.15) is 32.1 Å². The second-order valence-corrected chi connectivity index (χ2v) is 7.48. The fourth-order valence-electron chi connectivity index (χ4n) is 3.88. The lowest BCUT2D eigenvalue weighted by molar-refractivity contribution is 0.0206. The molecule has 0 radical (unpaired) electrons. The Morgan fingerprint density at radius 2 is 1.45 bits per heavy atom. The third kappa shape index (κ3) is 4.13. The number of likely N-dealkylation sites (tertiary alicyclic amines) is 2. The van der Waals surface area contributed by atoms with E-state index in [0.717, 1.165) is 12.5 Å². The van der Waals surface area contributed by atoms with Crippen molar-refractivity contribution in [3.63, 3.8) is 0 Å². The molecule has 5 heteroatoms. The van der Waals surface area contributed by atoms with Crippen LogP contribution in [-0.2, 0) is 0 Å². The summed E-state index contributed by atoms with van der Waals surface area (Å²) in [5.41, 5.74) is 0.282. The van der Waals surface area contributed by atoms with Crippen molar-refractivity contribution in [2.75, 3.05) is 68.0 Å². The van der Waals surface area contributed by atoms with Crippen molar-refractivity contribution >= 4 is 5.96 Å². The van der Waals surface area contributed by atoms with Gasteiger partial charge >= 0.3 is 0 Å². The van der Waals surface area contributed by atoms with Gasteiger partial charge in [0.05, 0.1) is 6.54 Å². The predicted molar refractivity (Wildman–Crippen MR) is 94.6 cm³/mol. The molecule has 2 heterocycles. The Morgan fingerprint density at radius 1 is 0.909 bits per heavy atom. The molecule has 0 unspecified atom stereocenters. The Balaban J connectivity index is 2.15. The minimum absolute atomic E-state index is 0.282. The lowest BCUT2D eigenvalue weighted by atomic mass is 9.84. The second kappa shape index (κ2) is 7.64. The van der Waals surface area contributed by atoms with E-state index in [9.17, 15) is 0 Å². The molecule has 22 heavy (non-hydrogen) atoms. The Hall–Kier alpha value is -0.810. The molecule has 2 aliphatic rings. The van der Waals surface area contributed by atoms with E-state index >= 15 is 0 Å². The Kier molecular flexibility index (Phi) is 6.09. The molecule has 0 atom stereocenters. The molecule has 5 nitrogen and oxygen atoms in total. The maximum Gasteiger partial charge on any atom is 0.195 e. The minimum atomic E-state index is 0.282. The molecule has 0 aliphatic carbocycles. The van der Waals surface area contributed by atoms with Gasteiger partial charge in [0.25, 0.3) is 0 Å². The first-order chi connectivity index (χ1) is 10.4. The molecule has 0 N–H and O–H groups in total. The summed E-state index contributed by atoms with van der Waals surface area (Å²) in [6.07, 6.45) is 6.61. The van der Waals surface area contributed by atoms with Crippen LogP contribution in [0.2, 0.25) is 0 Å². The summed E-state index contributed by atoms with van der Waals surface area (Å²) in [7, 11) is 10.6. The van der Waals surface area contributed by atoms with Crippen molar-refractivity contribution in [1.29, 1.82) is 0 Å². The normalized spacial score (nSPS) is 23.1. The van der Waals surface area contributed by atoms with E-state index in [4.69, 9.17) is 4.99 Å². The zero-order chi connectivity index (χ0) is 16.2.